The minimum atomic E-state index is -3.22. The molecule has 9 nitrogen and oxygen atoms in total. The number of carbonyl (C=O) groups is 1. The van der Waals surface area contributed by atoms with Crippen LogP contribution >= 0.6 is 0 Å². The van der Waals surface area contributed by atoms with Crippen LogP contribution < -0.4 is 10.9 Å². The molecule has 0 radical (unpaired) electrons. The first kappa shape index (κ1) is 14.5. The van der Waals surface area contributed by atoms with Crippen molar-refractivity contribution in [3.05, 3.63) is 22.5 Å². The zero-order valence-corrected chi connectivity index (χ0v) is 11.7. The van der Waals surface area contributed by atoms with Crippen molar-refractivity contribution in [1.29, 1.82) is 0 Å². The van der Waals surface area contributed by atoms with Crippen molar-refractivity contribution in [2.75, 3.05) is 37.8 Å². The number of hydrogen-bond acceptors (Lipinski definition) is 5. The maximum atomic E-state index is 11.9. The van der Waals surface area contributed by atoms with Crippen molar-refractivity contribution in [3.63, 3.8) is 0 Å². The van der Waals surface area contributed by atoms with Gasteiger partial charge in [0, 0.05) is 32.2 Å². The number of urea groups is 1. The van der Waals surface area contributed by atoms with Gasteiger partial charge in [0.1, 0.15) is 0 Å². The van der Waals surface area contributed by atoms with Crippen LogP contribution in [0.2, 0.25) is 0 Å². The lowest BCUT2D eigenvalue weighted by molar-refractivity contribution is 0.184. The van der Waals surface area contributed by atoms with E-state index in [9.17, 15) is 18.0 Å². The van der Waals surface area contributed by atoms with Crippen LogP contribution in [0, 0.1) is 0 Å². The zero-order chi connectivity index (χ0) is 14.8. The third-order valence-corrected chi connectivity index (χ3v) is 4.21. The van der Waals surface area contributed by atoms with Crippen LogP contribution in [0.3, 0.4) is 0 Å². The lowest BCUT2D eigenvalue weighted by Gasteiger charge is -2.33. The van der Waals surface area contributed by atoms with E-state index in [1.165, 1.54) is 21.3 Å². The van der Waals surface area contributed by atoms with Crippen molar-refractivity contribution in [3.8, 4) is 0 Å². The molecule has 0 aliphatic carbocycles. The summed E-state index contributed by atoms with van der Waals surface area (Å²) in [6, 6.07) is 2.27. The number of hydrogen-bond donors (Lipinski definition) is 2. The molecule has 0 aromatic carbocycles. The van der Waals surface area contributed by atoms with Gasteiger partial charge in [-0.1, -0.05) is 0 Å². The lowest BCUT2D eigenvalue weighted by Crippen LogP contribution is -2.51. The topological polar surface area (TPSA) is 115 Å². The van der Waals surface area contributed by atoms with Crippen molar-refractivity contribution < 1.29 is 13.2 Å². The van der Waals surface area contributed by atoms with E-state index in [1.807, 2.05) is 0 Å². The SMILES string of the molecule is CS(=O)(=O)N1CCN(C(=O)Nc2ccc(=O)[nH]n2)CC1. The third-order valence-electron chi connectivity index (χ3n) is 2.91. The Hall–Kier alpha value is -1.94. The molecule has 0 spiro atoms. The fourth-order valence-electron chi connectivity index (χ4n) is 1.83. The average Bonchev–Trinajstić information content (AvgIpc) is 2.40. The van der Waals surface area contributed by atoms with Gasteiger partial charge in [-0.3, -0.25) is 10.1 Å². The molecule has 110 valence electrons. The van der Waals surface area contributed by atoms with Gasteiger partial charge in [-0.25, -0.2) is 18.3 Å². The fourth-order valence-corrected chi connectivity index (χ4v) is 2.65. The van der Waals surface area contributed by atoms with Crippen molar-refractivity contribution >= 4 is 21.9 Å². The van der Waals surface area contributed by atoms with E-state index in [-0.39, 0.29) is 30.5 Å². The molecule has 2 N–H and O–H groups in total. The van der Waals surface area contributed by atoms with E-state index in [1.54, 1.807) is 0 Å². The molecule has 1 aliphatic rings. The molecule has 0 unspecified atom stereocenters. The van der Waals surface area contributed by atoms with E-state index < -0.39 is 10.0 Å². The van der Waals surface area contributed by atoms with Gasteiger partial charge in [-0.2, -0.15) is 9.40 Å². The van der Waals surface area contributed by atoms with Gasteiger partial charge in [0.15, 0.2) is 5.82 Å². The molecule has 1 fully saturated rings. The molecule has 1 aromatic heterocycles. The van der Waals surface area contributed by atoms with Crippen LogP contribution in [0.4, 0.5) is 10.6 Å². The molecule has 2 amide bonds. The molecule has 2 heterocycles. The highest BCUT2D eigenvalue weighted by molar-refractivity contribution is 7.88. The lowest BCUT2D eigenvalue weighted by atomic mass is 10.4. The molecule has 0 saturated carbocycles. The van der Waals surface area contributed by atoms with E-state index in [0.29, 0.717) is 13.1 Å². The predicted molar refractivity (Wildman–Crippen MR) is 71.9 cm³/mol. The van der Waals surface area contributed by atoms with Crippen LogP contribution in [-0.2, 0) is 10.0 Å². The Bertz CT molecular complexity index is 627. The summed E-state index contributed by atoms with van der Waals surface area (Å²) in [5.41, 5.74) is -0.357. The summed E-state index contributed by atoms with van der Waals surface area (Å²) in [7, 11) is -3.22. The minimum absolute atomic E-state index is 0.236. The molecule has 1 aromatic rings. The second-order valence-electron chi connectivity index (χ2n) is 4.39. The molecule has 1 aliphatic heterocycles. The first-order valence-electron chi connectivity index (χ1n) is 5.93. The van der Waals surface area contributed by atoms with Crippen molar-refractivity contribution in [2.45, 2.75) is 0 Å². The quantitative estimate of drug-likeness (QED) is 0.718. The molecule has 2 rings (SSSR count). The van der Waals surface area contributed by atoms with Gasteiger partial charge in [-0.15, -0.1) is 0 Å². The summed E-state index contributed by atoms with van der Waals surface area (Å²) in [4.78, 5) is 24.3. The highest BCUT2D eigenvalue weighted by Crippen LogP contribution is 2.08. The summed E-state index contributed by atoms with van der Waals surface area (Å²) < 4.78 is 24.0. The molecular formula is C10H15N5O4S. The van der Waals surface area contributed by atoms with Crippen LogP contribution in [0.15, 0.2) is 16.9 Å². The van der Waals surface area contributed by atoms with E-state index >= 15 is 0 Å². The van der Waals surface area contributed by atoms with Crippen molar-refractivity contribution in [2.24, 2.45) is 0 Å². The number of nitrogens with one attached hydrogen (secondary N) is 2. The van der Waals surface area contributed by atoms with Gasteiger partial charge < -0.3 is 4.90 Å². The number of nitrogens with zero attached hydrogens (tertiary/aromatic N) is 3. The number of sulfonamides is 1. The van der Waals surface area contributed by atoms with Gasteiger partial charge in [0.05, 0.1) is 6.26 Å². The molecule has 0 atom stereocenters. The minimum Gasteiger partial charge on any atom is -0.322 e. The van der Waals surface area contributed by atoms with Gasteiger partial charge >= 0.3 is 6.03 Å². The Morgan fingerprint density at radius 1 is 1.30 bits per heavy atom. The highest BCUT2D eigenvalue weighted by Gasteiger charge is 2.26. The third kappa shape index (κ3) is 3.54. The first-order valence-corrected chi connectivity index (χ1v) is 7.78. The number of amides is 2. The van der Waals surface area contributed by atoms with Gasteiger partial charge in [0.2, 0.25) is 10.0 Å². The van der Waals surface area contributed by atoms with Gasteiger partial charge in [-0.05, 0) is 6.07 Å². The number of H-pyrrole nitrogens is 1. The van der Waals surface area contributed by atoms with Crippen LogP contribution in [0.5, 0.6) is 0 Å². The largest absolute Gasteiger partial charge is 0.323 e. The Morgan fingerprint density at radius 3 is 2.45 bits per heavy atom. The van der Waals surface area contributed by atoms with E-state index in [2.05, 4.69) is 15.5 Å². The number of anilines is 1. The number of aromatic amines is 1. The Kier molecular flexibility index (Phi) is 4.04. The summed E-state index contributed by atoms with van der Waals surface area (Å²) >= 11 is 0. The van der Waals surface area contributed by atoms with Crippen LogP contribution in [0.1, 0.15) is 0 Å². The fraction of sp³-hybridized carbons (Fsp3) is 0.500. The second kappa shape index (κ2) is 5.59. The Balaban J connectivity index is 1.92. The molecule has 20 heavy (non-hydrogen) atoms. The molecular weight excluding hydrogens is 286 g/mol. The highest BCUT2D eigenvalue weighted by atomic mass is 32.2. The normalized spacial score (nSPS) is 16.9. The summed E-state index contributed by atoms with van der Waals surface area (Å²) in [5.74, 6) is 0.236. The molecule has 1 saturated heterocycles. The maximum absolute atomic E-state index is 11.9. The van der Waals surface area contributed by atoms with Crippen LogP contribution in [-0.4, -0.2) is 66.3 Å². The second-order valence-corrected chi connectivity index (χ2v) is 6.37. The molecule has 0 bridgehead atoms. The number of carbonyl (C=O) groups excluding carboxylic acids is 1. The summed E-state index contributed by atoms with van der Waals surface area (Å²) in [6.07, 6.45) is 1.15. The maximum Gasteiger partial charge on any atom is 0.323 e. The predicted octanol–water partition coefficient (Wildman–Crippen LogP) is -1.12. The number of rotatable bonds is 2. The van der Waals surface area contributed by atoms with Gasteiger partial charge in [0.25, 0.3) is 5.56 Å². The number of aromatic nitrogens is 2. The number of piperazine rings is 1. The summed E-state index contributed by atoms with van der Waals surface area (Å²) in [5, 5.41) is 8.40. The Labute approximate surface area is 115 Å². The Morgan fingerprint density at radius 2 is 1.95 bits per heavy atom. The van der Waals surface area contributed by atoms with E-state index in [4.69, 9.17) is 0 Å². The smallest absolute Gasteiger partial charge is 0.322 e. The molecule has 10 heteroatoms. The standard InChI is InChI=1S/C10H15N5O4S/c1-20(18,19)15-6-4-14(5-7-15)10(17)11-8-2-3-9(16)13-12-8/h2-3H,4-7H2,1H3,(H,13,16)(H,11,12,17). The average molecular weight is 301 g/mol. The van der Waals surface area contributed by atoms with E-state index in [0.717, 1.165) is 6.26 Å². The van der Waals surface area contributed by atoms with Crippen LogP contribution in [0.25, 0.3) is 0 Å². The first-order chi connectivity index (χ1) is 9.36. The van der Waals surface area contributed by atoms with Crippen molar-refractivity contribution in [1.82, 2.24) is 19.4 Å². The zero-order valence-electron chi connectivity index (χ0n) is 10.9. The monoisotopic (exact) mass is 301 g/mol. The summed E-state index contributed by atoms with van der Waals surface area (Å²) in [6.45, 7) is 1.15.